The van der Waals surface area contributed by atoms with Crippen molar-refractivity contribution in [2.75, 3.05) is 0 Å². The molecule has 0 aliphatic carbocycles. The van der Waals surface area contributed by atoms with E-state index in [9.17, 15) is 5.11 Å². The molecular weight excluding hydrogens is 268 g/mol. The third-order valence-corrected chi connectivity index (χ3v) is 4.20. The number of hydrogen-bond acceptors (Lipinski definition) is 4. The van der Waals surface area contributed by atoms with E-state index in [-0.39, 0.29) is 0 Å². The Bertz CT molecular complexity index is 616. The van der Waals surface area contributed by atoms with Gasteiger partial charge in [0, 0.05) is 28.4 Å². The fourth-order valence-corrected chi connectivity index (χ4v) is 2.79. The summed E-state index contributed by atoms with van der Waals surface area (Å²) in [5, 5.41) is 12.9. The molecule has 2 rings (SSSR count). The molecule has 0 aliphatic rings. The van der Waals surface area contributed by atoms with Crippen LogP contribution < -0.4 is 0 Å². The lowest BCUT2D eigenvalue weighted by Gasteiger charge is -2.15. The summed E-state index contributed by atoms with van der Waals surface area (Å²) in [6.07, 6.45) is 2.19. The molecule has 0 spiro atoms. The fraction of sp³-hybridized carbons (Fsp3) is 0.375. The highest BCUT2D eigenvalue weighted by atomic mass is 32.1. The minimum absolute atomic E-state index is 0.526. The van der Waals surface area contributed by atoms with Crippen LogP contribution in [0.1, 0.15) is 44.4 Å². The molecule has 4 heteroatoms. The summed E-state index contributed by atoms with van der Waals surface area (Å²) in [6.45, 7) is 7.92. The zero-order valence-electron chi connectivity index (χ0n) is 12.3. The summed E-state index contributed by atoms with van der Waals surface area (Å²) >= 11 is 1.62. The molecular formula is C16H20N2OS. The third-order valence-electron chi connectivity index (χ3n) is 3.39. The van der Waals surface area contributed by atoms with Gasteiger partial charge in [-0.25, -0.2) is 4.98 Å². The van der Waals surface area contributed by atoms with E-state index in [2.05, 4.69) is 11.9 Å². The normalized spacial score (nSPS) is 13.6. The van der Waals surface area contributed by atoms with Crippen LogP contribution in [0.2, 0.25) is 0 Å². The summed E-state index contributed by atoms with van der Waals surface area (Å²) < 4.78 is 0. The lowest BCUT2D eigenvalue weighted by atomic mass is 9.99. The van der Waals surface area contributed by atoms with Crippen LogP contribution in [0.4, 0.5) is 5.69 Å². The third kappa shape index (κ3) is 2.97. The Balaban J connectivity index is 2.64. The first-order chi connectivity index (χ1) is 9.54. The van der Waals surface area contributed by atoms with E-state index in [0.717, 1.165) is 39.5 Å². The SMILES string of the molecule is CCC(C)=Nc1c(C(C)O)ccc(-c2nccs2)c1C. The summed E-state index contributed by atoms with van der Waals surface area (Å²) in [5.41, 5.74) is 4.98. The second kappa shape index (κ2) is 6.29. The number of benzene rings is 1. The molecule has 0 fully saturated rings. The molecule has 0 bridgehead atoms. The van der Waals surface area contributed by atoms with Crippen LogP contribution in [0.25, 0.3) is 10.6 Å². The van der Waals surface area contributed by atoms with Gasteiger partial charge in [-0.1, -0.05) is 19.1 Å². The number of aliphatic hydroxyl groups is 1. The Labute approximate surface area is 124 Å². The quantitative estimate of drug-likeness (QED) is 0.831. The first-order valence-corrected chi connectivity index (χ1v) is 7.68. The van der Waals surface area contributed by atoms with Gasteiger partial charge in [0.25, 0.3) is 0 Å². The highest BCUT2D eigenvalue weighted by Crippen LogP contribution is 2.37. The molecule has 1 aromatic heterocycles. The van der Waals surface area contributed by atoms with Gasteiger partial charge in [0.2, 0.25) is 0 Å². The Hall–Kier alpha value is -1.52. The van der Waals surface area contributed by atoms with Gasteiger partial charge in [0.05, 0.1) is 11.8 Å². The van der Waals surface area contributed by atoms with Crippen molar-refractivity contribution < 1.29 is 5.11 Å². The summed E-state index contributed by atoms with van der Waals surface area (Å²) in [5.74, 6) is 0. The van der Waals surface area contributed by atoms with Gasteiger partial charge in [0.15, 0.2) is 0 Å². The lowest BCUT2D eigenvalue weighted by molar-refractivity contribution is 0.200. The predicted molar refractivity (Wildman–Crippen MR) is 86.0 cm³/mol. The standard InChI is InChI=1S/C16H20N2OS/c1-5-10(2)18-15-11(3)13(16-17-8-9-20-16)6-7-14(15)12(4)19/h6-9,12,19H,5H2,1-4H3. The van der Waals surface area contributed by atoms with Crippen LogP contribution in [0.15, 0.2) is 28.7 Å². The molecule has 106 valence electrons. The number of rotatable bonds is 4. The Morgan fingerprint density at radius 2 is 2.20 bits per heavy atom. The highest BCUT2D eigenvalue weighted by Gasteiger charge is 2.15. The number of aliphatic hydroxyl groups excluding tert-OH is 1. The number of thiazole rings is 1. The topological polar surface area (TPSA) is 45.5 Å². The summed E-state index contributed by atoms with van der Waals surface area (Å²) in [4.78, 5) is 9.07. The van der Waals surface area contributed by atoms with Gasteiger partial charge in [-0.3, -0.25) is 4.99 Å². The van der Waals surface area contributed by atoms with Crippen molar-refractivity contribution >= 4 is 22.7 Å². The number of aliphatic imine (C=N–C) groups is 1. The molecule has 20 heavy (non-hydrogen) atoms. The van der Waals surface area contributed by atoms with E-state index >= 15 is 0 Å². The molecule has 1 N–H and O–H groups in total. The van der Waals surface area contributed by atoms with Crippen molar-refractivity contribution in [3.05, 3.63) is 34.8 Å². The van der Waals surface area contributed by atoms with E-state index in [0.29, 0.717) is 0 Å². The molecule has 3 nitrogen and oxygen atoms in total. The maximum atomic E-state index is 9.95. The zero-order valence-corrected chi connectivity index (χ0v) is 13.2. The Morgan fingerprint density at radius 1 is 1.45 bits per heavy atom. The van der Waals surface area contributed by atoms with Gasteiger partial charge < -0.3 is 5.11 Å². The van der Waals surface area contributed by atoms with E-state index in [1.807, 2.05) is 37.6 Å². The van der Waals surface area contributed by atoms with Crippen molar-refractivity contribution in [1.29, 1.82) is 0 Å². The zero-order chi connectivity index (χ0) is 14.7. The average Bonchev–Trinajstić information content (AvgIpc) is 2.94. The van der Waals surface area contributed by atoms with Crippen LogP contribution >= 0.6 is 11.3 Å². The highest BCUT2D eigenvalue weighted by molar-refractivity contribution is 7.13. The molecule has 1 atom stereocenters. The smallest absolute Gasteiger partial charge is 0.123 e. The van der Waals surface area contributed by atoms with Crippen molar-refractivity contribution in [3.63, 3.8) is 0 Å². The van der Waals surface area contributed by atoms with Crippen LogP contribution in [-0.2, 0) is 0 Å². The minimum atomic E-state index is -0.526. The molecule has 1 heterocycles. The number of nitrogens with zero attached hydrogens (tertiary/aromatic N) is 2. The second-order valence-corrected chi connectivity index (χ2v) is 5.78. The lowest BCUT2D eigenvalue weighted by Crippen LogP contribution is -1.97. The molecule has 0 saturated carbocycles. The first kappa shape index (κ1) is 14.9. The molecule has 0 aliphatic heterocycles. The minimum Gasteiger partial charge on any atom is -0.389 e. The second-order valence-electron chi connectivity index (χ2n) is 4.89. The van der Waals surface area contributed by atoms with Crippen LogP contribution in [0.5, 0.6) is 0 Å². The van der Waals surface area contributed by atoms with Crippen LogP contribution in [0, 0.1) is 6.92 Å². The van der Waals surface area contributed by atoms with Gasteiger partial charge in [-0.15, -0.1) is 11.3 Å². The van der Waals surface area contributed by atoms with Crippen molar-refractivity contribution in [1.82, 2.24) is 4.98 Å². The van der Waals surface area contributed by atoms with Crippen LogP contribution in [-0.4, -0.2) is 15.8 Å². The van der Waals surface area contributed by atoms with E-state index in [1.165, 1.54) is 0 Å². The molecule has 0 radical (unpaired) electrons. The molecule has 0 saturated heterocycles. The molecule has 1 unspecified atom stereocenters. The van der Waals surface area contributed by atoms with Gasteiger partial charge in [-0.05, 0) is 32.8 Å². The van der Waals surface area contributed by atoms with E-state index in [4.69, 9.17) is 4.99 Å². The van der Waals surface area contributed by atoms with Crippen molar-refractivity contribution in [2.45, 2.75) is 40.2 Å². The van der Waals surface area contributed by atoms with Gasteiger partial charge in [0.1, 0.15) is 5.01 Å². The average molecular weight is 288 g/mol. The largest absolute Gasteiger partial charge is 0.389 e. The van der Waals surface area contributed by atoms with E-state index < -0.39 is 6.10 Å². The van der Waals surface area contributed by atoms with Crippen molar-refractivity contribution in [2.24, 2.45) is 4.99 Å². The maximum Gasteiger partial charge on any atom is 0.123 e. The maximum absolute atomic E-state index is 9.95. The predicted octanol–water partition coefficient (Wildman–Crippen LogP) is 4.67. The molecule has 2 aromatic rings. The Kier molecular flexibility index (Phi) is 4.68. The summed E-state index contributed by atoms with van der Waals surface area (Å²) in [6, 6.07) is 3.98. The molecule has 1 aromatic carbocycles. The van der Waals surface area contributed by atoms with Gasteiger partial charge >= 0.3 is 0 Å². The fourth-order valence-electron chi connectivity index (χ4n) is 2.06. The number of aromatic nitrogens is 1. The monoisotopic (exact) mass is 288 g/mol. The Morgan fingerprint density at radius 3 is 2.75 bits per heavy atom. The van der Waals surface area contributed by atoms with Crippen molar-refractivity contribution in [3.8, 4) is 10.6 Å². The van der Waals surface area contributed by atoms with E-state index in [1.54, 1.807) is 18.3 Å². The van der Waals surface area contributed by atoms with Crippen LogP contribution in [0.3, 0.4) is 0 Å². The first-order valence-electron chi connectivity index (χ1n) is 6.80. The molecule has 0 amide bonds. The number of hydrogen-bond donors (Lipinski definition) is 1. The van der Waals surface area contributed by atoms with Gasteiger partial charge in [-0.2, -0.15) is 0 Å². The summed E-state index contributed by atoms with van der Waals surface area (Å²) in [7, 11) is 0.